The number of nitrogens with one attached hydrogen (secondary N) is 1. The first kappa shape index (κ1) is 18.6. The van der Waals surface area contributed by atoms with Gasteiger partial charge in [-0.15, -0.1) is 0 Å². The van der Waals surface area contributed by atoms with Crippen LogP contribution in [0.15, 0.2) is 36.4 Å². The average molecular weight is 342 g/mol. The summed E-state index contributed by atoms with van der Waals surface area (Å²) in [6.45, 7) is 4.48. The molecule has 2 aromatic rings. The number of hydrogen-bond donors (Lipinski definition) is 1. The molecule has 0 radical (unpaired) electrons. The van der Waals surface area contributed by atoms with E-state index in [0.717, 1.165) is 29.0 Å². The molecule has 5 heteroatoms. The van der Waals surface area contributed by atoms with Gasteiger partial charge in [-0.25, -0.2) is 4.79 Å². The van der Waals surface area contributed by atoms with Crippen LogP contribution < -0.4 is 19.7 Å². The number of benzene rings is 2. The molecule has 0 saturated heterocycles. The Hall–Kier alpha value is -2.69. The van der Waals surface area contributed by atoms with E-state index in [1.807, 2.05) is 31.2 Å². The molecule has 0 unspecified atom stereocenters. The van der Waals surface area contributed by atoms with Gasteiger partial charge in [0.05, 0.1) is 18.4 Å². The summed E-state index contributed by atoms with van der Waals surface area (Å²) in [6.07, 6.45) is 0.995. The number of anilines is 1. The molecule has 134 valence electrons. The molecule has 0 aliphatic rings. The Morgan fingerprint density at radius 3 is 2.56 bits per heavy atom. The van der Waals surface area contributed by atoms with Crippen LogP contribution in [0.3, 0.4) is 0 Å². The van der Waals surface area contributed by atoms with Crippen molar-refractivity contribution in [2.75, 3.05) is 26.1 Å². The first-order valence-electron chi connectivity index (χ1n) is 8.35. The van der Waals surface area contributed by atoms with Crippen molar-refractivity contribution in [1.82, 2.24) is 5.32 Å². The number of urea groups is 1. The second-order valence-corrected chi connectivity index (χ2v) is 5.81. The van der Waals surface area contributed by atoms with Crippen molar-refractivity contribution in [3.05, 3.63) is 53.1 Å². The molecule has 0 aromatic heterocycles. The molecule has 25 heavy (non-hydrogen) atoms. The average Bonchev–Trinajstić information content (AvgIpc) is 2.65. The first-order chi connectivity index (χ1) is 12.0. The molecule has 0 saturated carbocycles. The Labute approximate surface area is 149 Å². The van der Waals surface area contributed by atoms with Crippen molar-refractivity contribution >= 4 is 11.7 Å². The van der Waals surface area contributed by atoms with Crippen LogP contribution in [-0.2, 0) is 13.0 Å². The van der Waals surface area contributed by atoms with Crippen molar-refractivity contribution < 1.29 is 14.3 Å². The van der Waals surface area contributed by atoms with Gasteiger partial charge in [-0.1, -0.05) is 25.1 Å². The zero-order valence-electron chi connectivity index (χ0n) is 15.6. The van der Waals surface area contributed by atoms with Crippen molar-refractivity contribution in [3.63, 3.8) is 0 Å². The van der Waals surface area contributed by atoms with Crippen molar-refractivity contribution in [3.8, 4) is 11.5 Å². The summed E-state index contributed by atoms with van der Waals surface area (Å²) in [7, 11) is 4.94. The smallest absolute Gasteiger partial charge is 0.321 e. The molecule has 0 bridgehead atoms. The molecule has 0 heterocycles. The predicted molar refractivity (Wildman–Crippen MR) is 101 cm³/mol. The fraction of sp³-hybridized carbons (Fsp3) is 0.350. The summed E-state index contributed by atoms with van der Waals surface area (Å²) in [5.74, 6) is 1.52. The Kier molecular flexibility index (Phi) is 6.28. The van der Waals surface area contributed by atoms with E-state index in [-0.39, 0.29) is 6.03 Å². The van der Waals surface area contributed by atoms with Gasteiger partial charge >= 0.3 is 6.03 Å². The quantitative estimate of drug-likeness (QED) is 0.865. The molecule has 2 rings (SSSR count). The molecule has 2 aromatic carbocycles. The number of hydrogen-bond acceptors (Lipinski definition) is 3. The van der Waals surface area contributed by atoms with E-state index in [1.54, 1.807) is 26.1 Å². The molecule has 0 spiro atoms. The van der Waals surface area contributed by atoms with Crippen LogP contribution in [0.25, 0.3) is 0 Å². The highest BCUT2D eigenvalue weighted by atomic mass is 16.5. The Bertz CT molecular complexity index is 744. The van der Waals surface area contributed by atoms with Crippen molar-refractivity contribution in [2.24, 2.45) is 0 Å². The number of amides is 2. The van der Waals surface area contributed by atoms with Crippen LogP contribution in [0.5, 0.6) is 11.5 Å². The molecular weight excluding hydrogens is 316 g/mol. The first-order valence-corrected chi connectivity index (χ1v) is 8.35. The minimum atomic E-state index is -0.196. The third-order valence-electron chi connectivity index (χ3n) is 4.23. The maximum absolute atomic E-state index is 12.0. The summed E-state index contributed by atoms with van der Waals surface area (Å²) >= 11 is 0. The van der Waals surface area contributed by atoms with Gasteiger partial charge in [0.15, 0.2) is 0 Å². The zero-order chi connectivity index (χ0) is 18.4. The molecule has 5 nitrogen and oxygen atoms in total. The van der Waals surface area contributed by atoms with Crippen LogP contribution in [0, 0.1) is 6.92 Å². The lowest BCUT2D eigenvalue weighted by atomic mass is 10.1. The number of carbonyl (C=O) groups excluding carboxylic acids is 1. The fourth-order valence-corrected chi connectivity index (χ4v) is 2.73. The lowest BCUT2D eigenvalue weighted by molar-refractivity contribution is 0.249. The van der Waals surface area contributed by atoms with E-state index in [4.69, 9.17) is 9.47 Å². The molecule has 0 aliphatic heterocycles. The summed E-state index contributed by atoms with van der Waals surface area (Å²) in [6, 6.07) is 11.6. The van der Waals surface area contributed by atoms with E-state index >= 15 is 0 Å². The van der Waals surface area contributed by atoms with Crippen LogP contribution in [0.2, 0.25) is 0 Å². The van der Waals surface area contributed by atoms with Gasteiger partial charge in [-0.2, -0.15) is 0 Å². The van der Waals surface area contributed by atoms with Crippen LogP contribution in [0.1, 0.15) is 23.6 Å². The number of nitrogens with zero attached hydrogens (tertiary/aromatic N) is 1. The summed E-state index contributed by atoms with van der Waals surface area (Å²) < 4.78 is 11.5. The van der Waals surface area contributed by atoms with Crippen molar-refractivity contribution in [2.45, 2.75) is 26.9 Å². The van der Waals surface area contributed by atoms with Gasteiger partial charge in [-0.3, -0.25) is 4.90 Å². The molecule has 1 N–H and O–H groups in total. The maximum Gasteiger partial charge on any atom is 0.321 e. The lowest BCUT2D eigenvalue weighted by Crippen LogP contribution is -2.35. The lowest BCUT2D eigenvalue weighted by Gasteiger charge is -2.22. The maximum atomic E-state index is 12.0. The molecule has 0 aliphatic carbocycles. The zero-order valence-corrected chi connectivity index (χ0v) is 15.6. The fourth-order valence-electron chi connectivity index (χ4n) is 2.73. The van der Waals surface area contributed by atoms with Crippen LogP contribution >= 0.6 is 0 Å². The number of rotatable bonds is 6. The highest BCUT2D eigenvalue weighted by Crippen LogP contribution is 2.31. The second-order valence-electron chi connectivity index (χ2n) is 5.81. The Morgan fingerprint density at radius 1 is 1.20 bits per heavy atom. The number of ether oxygens (including phenoxy) is 2. The van der Waals surface area contributed by atoms with Gasteiger partial charge in [0.25, 0.3) is 0 Å². The van der Waals surface area contributed by atoms with E-state index < -0.39 is 0 Å². The SMILES string of the molecule is CCc1ccc(OCc2c(OC)cccc2N(C)C(=O)NC)c(C)c1. The van der Waals surface area contributed by atoms with Gasteiger partial charge in [-0.05, 0) is 42.7 Å². The topological polar surface area (TPSA) is 50.8 Å². The van der Waals surface area contributed by atoms with E-state index in [1.165, 1.54) is 5.56 Å². The molecule has 0 atom stereocenters. The third-order valence-corrected chi connectivity index (χ3v) is 4.23. The summed E-state index contributed by atoms with van der Waals surface area (Å²) in [5.41, 5.74) is 3.95. The van der Waals surface area contributed by atoms with Crippen molar-refractivity contribution in [1.29, 1.82) is 0 Å². The Morgan fingerprint density at radius 2 is 1.96 bits per heavy atom. The Balaban J connectivity index is 2.30. The number of carbonyl (C=O) groups is 1. The predicted octanol–water partition coefficient (Wildman–Crippen LogP) is 3.92. The van der Waals surface area contributed by atoms with E-state index in [2.05, 4.69) is 24.4 Å². The monoisotopic (exact) mass is 342 g/mol. The summed E-state index contributed by atoms with van der Waals surface area (Å²) in [4.78, 5) is 13.5. The second kappa shape index (κ2) is 8.42. The summed E-state index contributed by atoms with van der Waals surface area (Å²) in [5, 5.41) is 2.63. The van der Waals surface area contributed by atoms with E-state index in [0.29, 0.717) is 12.4 Å². The van der Waals surface area contributed by atoms with Gasteiger partial charge < -0.3 is 14.8 Å². The minimum absolute atomic E-state index is 0.196. The van der Waals surface area contributed by atoms with E-state index in [9.17, 15) is 4.79 Å². The highest BCUT2D eigenvalue weighted by molar-refractivity contribution is 5.92. The van der Waals surface area contributed by atoms with Gasteiger partial charge in [0, 0.05) is 14.1 Å². The van der Waals surface area contributed by atoms with Gasteiger partial charge in [0.2, 0.25) is 0 Å². The molecule has 2 amide bonds. The van der Waals surface area contributed by atoms with Gasteiger partial charge in [0.1, 0.15) is 18.1 Å². The standard InChI is InChI=1S/C20H26N2O3/c1-6-15-10-11-18(14(2)12-15)25-13-16-17(22(4)20(23)21-3)8-7-9-19(16)24-5/h7-12H,6,13H2,1-5H3,(H,21,23). The number of aryl methyl sites for hydroxylation is 2. The number of methoxy groups -OCH3 is 1. The molecular formula is C20H26N2O3. The largest absolute Gasteiger partial charge is 0.496 e. The normalized spacial score (nSPS) is 10.3. The molecule has 0 fully saturated rings. The van der Waals surface area contributed by atoms with Crippen LogP contribution in [-0.4, -0.2) is 27.2 Å². The van der Waals surface area contributed by atoms with Crippen LogP contribution in [0.4, 0.5) is 10.5 Å². The minimum Gasteiger partial charge on any atom is -0.496 e. The third kappa shape index (κ3) is 4.24. The highest BCUT2D eigenvalue weighted by Gasteiger charge is 2.17.